The highest BCUT2D eigenvalue weighted by molar-refractivity contribution is 5.95. The number of hydrogen-bond donors (Lipinski definition) is 2. The van der Waals surface area contributed by atoms with Crippen LogP contribution >= 0.6 is 0 Å². The van der Waals surface area contributed by atoms with Gasteiger partial charge in [0, 0.05) is 24.7 Å². The van der Waals surface area contributed by atoms with Crippen molar-refractivity contribution in [3.05, 3.63) is 59.3 Å². The molecule has 0 fully saturated rings. The summed E-state index contributed by atoms with van der Waals surface area (Å²) in [4.78, 5) is 27.8. The molecule has 0 unspecified atom stereocenters. The van der Waals surface area contributed by atoms with Crippen LogP contribution in [0.5, 0.6) is 0 Å². The zero-order valence-corrected chi connectivity index (χ0v) is 12.7. The molecule has 0 aliphatic carbocycles. The minimum Gasteiger partial charge on any atom is -0.352 e. The summed E-state index contributed by atoms with van der Waals surface area (Å²) in [6, 6.07) is 11.0. The molecule has 114 valence electrons. The van der Waals surface area contributed by atoms with E-state index in [1.54, 1.807) is 18.3 Å². The van der Waals surface area contributed by atoms with Crippen LogP contribution in [0.15, 0.2) is 42.6 Å². The van der Waals surface area contributed by atoms with Gasteiger partial charge in [-0.15, -0.1) is 0 Å². The first-order chi connectivity index (χ1) is 10.5. The third-order valence-electron chi connectivity index (χ3n) is 3.10. The van der Waals surface area contributed by atoms with Crippen LogP contribution in [0.1, 0.15) is 27.9 Å². The molecule has 0 aliphatic heterocycles. The summed E-state index contributed by atoms with van der Waals surface area (Å²) in [6.45, 7) is 4.14. The molecule has 2 N–H and O–H groups in total. The van der Waals surface area contributed by atoms with E-state index in [0.717, 1.165) is 11.1 Å². The van der Waals surface area contributed by atoms with Gasteiger partial charge in [0.15, 0.2) is 0 Å². The monoisotopic (exact) mass is 297 g/mol. The zero-order valence-electron chi connectivity index (χ0n) is 12.7. The van der Waals surface area contributed by atoms with Crippen molar-refractivity contribution in [3.63, 3.8) is 0 Å². The number of pyridine rings is 1. The molecule has 5 heteroatoms. The first kappa shape index (κ1) is 15.7. The highest BCUT2D eigenvalue weighted by Gasteiger charge is 2.07. The van der Waals surface area contributed by atoms with E-state index in [9.17, 15) is 9.59 Å². The SMILES string of the molecule is Cc1cccc(C(=O)NCCC(=O)Nc2cc(C)ccn2)c1. The van der Waals surface area contributed by atoms with Crippen molar-refractivity contribution in [1.29, 1.82) is 0 Å². The van der Waals surface area contributed by atoms with Crippen molar-refractivity contribution in [2.75, 3.05) is 11.9 Å². The quantitative estimate of drug-likeness (QED) is 0.890. The Bertz CT molecular complexity index is 683. The number of aromatic nitrogens is 1. The normalized spacial score (nSPS) is 10.1. The van der Waals surface area contributed by atoms with Gasteiger partial charge in [0.25, 0.3) is 5.91 Å². The van der Waals surface area contributed by atoms with Crippen molar-refractivity contribution < 1.29 is 9.59 Å². The third kappa shape index (κ3) is 4.70. The molecular weight excluding hydrogens is 278 g/mol. The molecule has 22 heavy (non-hydrogen) atoms. The van der Waals surface area contributed by atoms with Crippen LogP contribution in [-0.4, -0.2) is 23.3 Å². The molecule has 2 rings (SSSR count). The van der Waals surface area contributed by atoms with E-state index >= 15 is 0 Å². The van der Waals surface area contributed by atoms with Crippen LogP contribution < -0.4 is 10.6 Å². The second-order valence-electron chi connectivity index (χ2n) is 5.14. The third-order valence-corrected chi connectivity index (χ3v) is 3.10. The molecule has 0 radical (unpaired) electrons. The Kier molecular flexibility index (Phi) is 5.25. The zero-order chi connectivity index (χ0) is 15.9. The van der Waals surface area contributed by atoms with E-state index in [0.29, 0.717) is 11.4 Å². The maximum atomic E-state index is 11.9. The number of nitrogens with zero attached hydrogens (tertiary/aromatic N) is 1. The molecule has 0 bridgehead atoms. The Morgan fingerprint density at radius 3 is 2.59 bits per heavy atom. The number of rotatable bonds is 5. The van der Waals surface area contributed by atoms with Gasteiger partial charge in [0.05, 0.1) is 0 Å². The van der Waals surface area contributed by atoms with Gasteiger partial charge in [-0.05, 0) is 43.7 Å². The Labute approximate surface area is 129 Å². The molecule has 2 amide bonds. The van der Waals surface area contributed by atoms with E-state index in [1.807, 2.05) is 38.1 Å². The Morgan fingerprint density at radius 2 is 1.86 bits per heavy atom. The predicted molar refractivity (Wildman–Crippen MR) is 85.7 cm³/mol. The molecule has 0 saturated carbocycles. The molecule has 1 heterocycles. The summed E-state index contributed by atoms with van der Waals surface area (Å²) in [5, 5.41) is 5.44. The number of amides is 2. The van der Waals surface area contributed by atoms with Crippen molar-refractivity contribution in [3.8, 4) is 0 Å². The van der Waals surface area contributed by atoms with Crippen LogP contribution in [0.3, 0.4) is 0 Å². The van der Waals surface area contributed by atoms with E-state index in [-0.39, 0.29) is 24.8 Å². The fourth-order valence-electron chi connectivity index (χ4n) is 1.99. The lowest BCUT2D eigenvalue weighted by molar-refractivity contribution is -0.116. The largest absolute Gasteiger partial charge is 0.352 e. The summed E-state index contributed by atoms with van der Waals surface area (Å²) in [5.41, 5.74) is 2.65. The van der Waals surface area contributed by atoms with E-state index in [4.69, 9.17) is 0 Å². The minimum atomic E-state index is -0.178. The second-order valence-corrected chi connectivity index (χ2v) is 5.14. The first-order valence-electron chi connectivity index (χ1n) is 7.12. The Morgan fingerprint density at radius 1 is 1.09 bits per heavy atom. The number of carbonyl (C=O) groups excluding carboxylic acids is 2. The molecule has 2 aromatic rings. The van der Waals surface area contributed by atoms with Gasteiger partial charge < -0.3 is 10.6 Å². The fraction of sp³-hybridized carbons (Fsp3) is 0.235. The molecule has 0 atom stereocenters. The van der Waals surface area contributed by atoms with E-state index in [2.05, 4.69) is 15.6 Å². The summed E-state index contributed by atoms with van der Waals surface area (Å²) in [7, 11) is 0. The maximum Gasteiger partial charge on any atom is 0.251 e. The first-order valence-corrected chi connectivity index (χ1v) is 7.12. The van der Waals surface area contributed by atoms with Gasteiger partial charge in [-0.25, -0.2) is 4.98 Å². The maximum absolute atomic E-state index is 11.9. The number of anilines is 1. The molecular formula is C17H19N3O2. The van der Waals surface area contributed by atoms with Gasteiger partial charge in [0.2, 0.25) is 5.91 Å². The highest BCUT2D eigenvalue weighted by Crippen LogP contribution is 2.06. The molecule has 1 aromatic carbocycles. The number of hydrogen-bond acceptors (Lipinski definition) is 3. The lowest BCUT2D eigenvalue weighted by Gasteiger charge is -2.07. The van der Waals surface area contributed by atoms with Gasteiger partial charge in [-0.3, -0.25) is 9.59 Å². The van der Waals surface area contributed by atoms with Crippen molar-refractivity contribution in [1.82, 2.24) is 10.3 Å². The molecule has 0 aliphatic rings. The lowest BCUT2D eigenvalue weighted by atomic mass is 10.1. The summed E-state index contributed by atoms with van der Waals surface area (Å²) < 4.78 is 0. The van der Waals surface area contributed by atoms with Crippen LogP contribution in [0.25, 0.3) is 0 Å². The fourth-order valence-corrected chi connectivity index (χ4v) is 1.99. The van der Waals surface area contributed by atoms with E-state index in [1.165, 1.54) is 0 Å². The van der Waals surface area contributed by atoms with Crippen LogP contribution in [-0.2, 0) is 4.79 Å². The summed E-state index contributed by atoms with van der Waals surface area (Å²) in [5.74, 6) is 0.169. The molecule has 0 spiro atoms. The van der Waals surface area contributed by atoms with Crippen LogP contribution in [0.2, 0.25) is 0 Å². The molecule has 0 saturated heterocycles. The van der Waals surface area contributed by atoms with Gasteiger partial charge in [0.1, 0.15) is 5.82 Å². The molecule has 5 nitrogen and oxygen atoms in total. The smallest absolute Gasteiger partial charge is 0.251 e. The van der Waals surface area contributed by atoms with Gasteiger partial charge in [-0.1, -0.05) is 17.7 Å². The molecule has 1 aromatic heterocycles. The number of aryl methyl sites for hydroxylation is 2. The Hall–Kier alpha value is -2.69. The van der Waals surface area contributed by atoms with E-state index < -0.39 is 0 Å². The van der Waals surface area contributed by atoms with Crippen LogP contribution in [0.4, 0.5) is 5.82 Å². The predicted octanol–water partition coefficient (Wildman–Crippen LogP) is 2.46. The number of carbonyl (C=O) groups is 2. The van der Waals surface area contributed by atoms with Crippen molar-refractivity contribution in [2.24, 2.45) is 0 Å². The standard InChI is InChI=1S/C17H19N3O2/c1-12-4-3-5-14(10-12)17(22)19-9-7-16(21)20-15-11-13(2)6-8-18-15/h3-6,8,10-11H,7,9H2,1-2H3,(H,19,22)(H,18,20,21). The highest BCUT2D eigenvalue weighted by atomic mass is 16.2. The summed E-state index contributed by atoms with van der Waals surface area (Å²) in [6.07, 6.45) is 1.84. The summed E-state index contributed by atoms with van der Waals surface area (Å²) >= 11 is 0. The topological polar surface area (TPSA) is 71.1 Å². The van der Waals surface area contributed by atoms with Crippen molar-refractivity contribution >= 4 is 17.6 Å². The number of nitrogens with one attached hydrogen (secondary N) is 2. The van der Waals surface area contributed by atoms with Gasteiger partial charge >= 0.3 is 0 Å². The van der Waals surface area contributed by atoms with Crippen molar-refractivity contribution in [2.45, 2.75) is 20.3 Å². The van der Waals surface area contributed by atoms with Gasteiger partial charge in [-0.2, -0.15) is 0 Å². The lowest BCUT2D eigenvalue weighted by Crippen LogP contribution is -2.27. The average molecular weight is 297 g/mol. The second kappa shape index (κ2) is 7.36. The Balaban J connectivity index is 1.78. The van der Waals surface area contributed by atoms with Crippen LogP contribution in [0, 0.1) is 13.8 Å². The average Bonchev–Trinajstić information content (AvgIpc) is 2.47. The number of benzene rings is 1. The minimum absolute atomic E-state index is 0.176.